The van der Waals surface area contributed by atoms with Crippen LogP contribution < -0.4 is 44.3 Å². The van der Waals surface area contributed by atoms with Crippen molar-refractivity contribution in [3.05, 3.63) is 139 Å². The minimum Gasteiger partial charge on any atom is -0.512 e. The maximum atomic E-state index is 10.9. The number of hydrogen-bond acceptors (Lipinski definition) is 10. The summed E-state index contributed by atoms with van der Waals surface area (Å²) in [6.07, 6.45) is 16.2. The maximum absolute atomic E-state index is 10.9. The largest absolute Gasteiger partial charge is 1.00 e. The van der Waals surface area contributed by atoms with Gasteiger partial charge in [-0.25, -0.2) is 0 Å². The van der Waals surface area contributed by atoms with Crippen LogP contribution in [0.2, 0.25) is 0 Å². The fraction of sp³-hybridized carbons (Fsp3) is 0.527. The number of piperidine rings is 2. The van der Waals surface area contributed by atoms with Gasteiger partial charge in [0.05, 0.1) is 18.6 Å². The Bertz CT molecular complexity index is 1780. The van der Waals surface area contributed by atoms with Crippen LogP contribution in [0.15, 0.2) is 121 Å². The van der Waals surface area contributed by atoms with Gasteiger partial charge < -0.3 is 55.3 Å². The van der Waals surface area contributed by atoms with Crippen molar-refractivity contribution in [2.45, 2.75) is 94.4 Å². The molecule has 10 nitrogen and oxygen atoms in total. The number of likely N-dealkylation sites (tertiary alicyclic amines) is 1. The number of rotatable bonds is 14. The van der Waals surface area contributed by atoms with Crippen LogP contribution in [-0.4, -0.2) is 107 Å². The molecule has 1 N–H and O–H groups in total. The second-order valence-electron chi connectivity index (χ2n) is 17.5. The third kappa shape index (κ3) is 21.3. The Morgan fingerprint density at radius 2 is 1.15 bits per heavy atom. The van der Waals surface area contributed by atoms with Gasteiger partial charge in [-0.3, -0.25) is 0 Å². The average Bonchev–Trinajstić information content (AvgIpc) is 3.96. The zero-order valence-corrected chi connectivity index (χ0v) is 43.0. The fourth-order valence-corrected chi connectivity index (χ4v) is 8.92. The summed E-state index contributed by atoms with van der Waals surface area (Å²) < 4.78 is 30.5. The molecule has 12 heteroatoms. The van der Waals surface area contributed by atoms with Crippen LogP contribution in [0.1, 0.15) is 88.2 Å². The Morgan fingerprint density at radius 1 is 0.672 bits per heavy atom. The van der Waals surface area contributed by atoms with Crippen molar-refractivity contribution in [1.29, 1.82) is 5.26 Å². The Labute approximate surface area is 427 Å². The first-order chi connectivity index (χ1) is 32.0. The quantitative estimate of drug-likeness (QED) is 0.0615. The molecule has 0 amide bonds. The topological polar surface area (TPSA) is 112 Å². The normalized spacial score (nSPS) is 19.6. The molecule has 0 aromatic heterocycles. The Hall–Kier alpha value is -3.54. The van der Waals surface area contributed by atoms with Gasteiger partial charge in [0.25, 0.3) is 6.48 Å². The number of benzene rings is 4. The number of nitrogens with one attached hydrogen (secondary N) is 1. The van der Waals surface area contributed by atoms with E-state index >= 15 is 0 Å². The summed E-state index contributed by atoms with van der Waals surface area (Å²) in [4.78, 5) is 13.6. The number of methoxy groups -OCH3 is 3. The van der Waals surface area contributed by atoms with E-state index < -0.39 is 6.48 Å². The number of aldehydes is 1. The van der Waals surface area contributed by atoms with E-state index in [2.05, 4.69) is 66.9 Å². The number of hydrogen-bond donors (Lipinski definition) is 1. The van der Waals surface area contributed by atoms with Gasteiger partial charge in [0.2, 0.25) is 0 Å². The third-order valence-electron chi connectivity index (χ3n) is 12.9. The van der Waals surface area contributed by atoms with Crippen molar-refractivity contribution in [2.75, 3.05) is 80.5 Å². The van der Waals surface area contributed by atoms with Crippen molar-refractivity contribution >= 4 is 14.7 Å². The molecule has 2 atom stereocenters. The van der Waals surface area contributed by atoms with Crippen LogP contribution in [0.25, 0.3) is 0 Å². The number of nitrogens with zero attached hydrogens (tertiary/aromatic N) is 2. The second-order valence-corrected chi connectivity index (χ2v) is 17.5. The molecule has 2 aliphatic carbocycles. The third-order valence-corrected chi connectivity index (χ3v) is 12.9. The first-order valence-electron chi connectivity index (χ1n) is 23.8. The van der Waals surface area contributed by atoms with Crippen LogP contribution in [0.3, 0.4) is 0 Å². The predicted octanol–water partition coefficient (Wildman–Crippen LogP) is 7.00. The molecule has 2 saturated carbocycles. The van der Waals surface area contributed by atoms with E-state index in [9.17, 15) is 4.79 Å². The molecule has 357 valence electrons. The van der Waals surface area contributed by atoms with Crippen molar-refractivity contribution in [2.24, 2.45) is 11.8 Å². The van der Waals surface area contributed by atoms with E-state index in [0.29, 0.717) is 17.3 Å². The second kappa shape index (κ2) is 35.6. The van der Waals surface area contributed by atoms with E-state index in [-0.39, 0.29) is 43.4 Å². The van der Waals surface area contributed by atoms with Crippen molar-refractivity contribution in [3.63, 3.8) is 0 Å². The average molecular weight is 925 g/mol. The molecule has 0 spiro atoms. The standard InChI is InChI=1S/C23H29NO.C12H17NO.C11H12O.C4H10O3.C4H8O.CN.B.Na/c1-3-10-21(11-4-1)23(14-8-15-23)19-24-16-7-9-20(17-24)18-25-22-12-5-2-6-13-22;1-2-6-12(7-3-1)14-10-11-5-4-8-13-9-11;12-9-11(7-4-8-11)10-5-2-1-3-6-10;1-5-4(6-2)7-3;1-2-4-5-3-1;1-2;;/h1-6,10-13,20H,7-9,14-19H2;1-3,6-7,11,13H,4-5,8-10H2;1-3,5-6,9H,4,7-8H2;4H,1-3H3;1-4H2;;;/q;;;;;-1;;+1. The van der Waals surface area contributed by atoms with Gasteiger partial charge in [-0.15, -0.1) is 0 Å². The van der Waals surface area contributed by atoms with Crippen LogP contribution in [0.4, 0.5) is 0 Å². The van der Waals surface area contributed by atoms with E-state index in [1.54, 1.807) is 5.56 Å². The summed E-state index contributed by atoms with van der Waals surface area (Å²) in [5.41, 5.74) is 3.01. The predicted molar refractivity (Wildman–Crippen MR) is 264 cm³/mol. The number of ether oxygens (including phenoxy) is 6. The molecule has 3 heterocycles. The van der Waals surface area contributed by atoms with E-state index in [1.165, 1.54) is 117 Å². The molecule has 9 rings (SSSR count). The Morgan fingerprint density at radius 3 is 1.54 bits per heavy atom. The zero-order valence-electron chi connectivity index (χ0n) is 41.0. The van der Waals surface area contributed by atoms with E-state index in [1.807, 2.05) is 78.9 Å². The minimum atomic E-state index is -0.514. The van der Waals surface area contributed by atoms with Gasteiger partial charge >= 0.3 is 29.6 Å². The van der Waals surface area contributed by atoms with Gasteiger partial charge in [0, 0.05) is 79.8 Å². The molecule has 2 unspecified atom stereocenters. The van der Waals surface area contributed by atoms with Gasteiger partial charge in [0.1, 0.15) is 17.8 Å². The van der Waals surface area contributed by atoms with Crippen LogP contribution in [0, 0.1) is 23.7 Å². The summed E-state index contributed by atoms with van der Waals surface area (Å²) in [6, 6.07) is 41.6. The SMILES string of the molecule is C1CCOC1.COC(OC)OC.O=CC1(c2ccccc2)CCC1.[B].[C-]#N.[Na+].c1ccc(OCC2CCCN(CC3(c4ccccc4)CCC3)C2)cc1.c1ccc(OCC2CCCNC2)cc1. The molecule has 67 heavy (non-hydrogen) atoms. The van der Waals surface area contributed by atoms with Crippen molar-refractivity contribution in [1.82, 2.24) is 10.2 Å². The molecule has 4 aromatic carbocycles. The molecule has 5 aliphatic rings. The summed E-state index contributed by atoms with van der Waals surface area (Å²) >= 11 is 0. The fourth-order valence-electron chi connectivity index (χ4n) is 8.92. The Balaban J connectivity index is 0.000000313. The van der Waals surface area contributed by atoms with Crippen molar-refractivity contribution in [3.8, 4) is 11.5 Å². The van der Waals surface area contributed by atoms with E-state index in [4.69, 9.17) is 26.0 Å². The van der Waals surface area contributed by atoms with Gasteiger partial charge in [-0.05, 0) is 113 Å². The monoisotopic (exact) mass is 925 g/mol. The minimum absolute atomic E-state index is 0. The van der Waals surface area contributed by atoms with Gasteiger partial charge in [-0.1, -0.05) is 110 Å². The maximum Gasteiger partial charge on any atom is 1.00 e. The number of para-hydroxylation sites is 2. The summed E-state index contributed by atoms with van der Waals surface area (Å²) in [5, 5.41) is 9.64. The smallest absolute Gasteiger partial charge is 0.512 e. The van der Waals surface area contributed by atoms with Gasteiger partial charge in [0.15, 0.2) is 0 Å². The van der Waals surface area contributed by atoms with Crippen LogP contribution in [-0.2, 0) is 34.6 Å². The molecular weight excluding hydrogens is 848 g/mol. The Kier molecular flexibility index (Phi) is 31.6. The molecule has 3 radical (unpaired) electrons. The van der Waals surface area contributed by atoms with E-state index in [0.717, 1.165) is 63.6 Å². The van der Waals surface area contributed by atoms with Crippen molar-refractivity contribution < 1.29 is 62.8 Å². The summed E-state index contributed by atoms with van der Waals surface area (Å²) in [7, 11) is 4.53. The molecule has 5 fully saturated rings. The molecule has 3 aliphatic heterocycles. The zero-order chi connectivity index (χ0) is 46.3. The number of carbonyl (C=O) groups is 1. The summed E-state index contributed by atoms with van der Waals surface area (Å²) in [5.74, 6) is 3.32. The molecule has 3 saturated heterocycles. The molecular formula is C55H76BN3NaO7. The summed E-state index contributed by atoms with van der Waals surface area (Å²) in [6.45, 7) is 13.8. The van der Waals surface area contributed by atoms with Gasteiger partial charge in [-0.2, -0.15) is 0 Å². The molecule has 0 bridgehead atoms. The first kappa shape index (κ1) is 59.6. The van der Waals surface area contributed by atoms with Crippen LogP contribution in [0.5, 0.6) is 11.5 Å². The van der Waals surface area contributed by atoms with Crippen LogP contribution >= 0.6 is 0 Å². The molecule has 4 aromatic rings. The first-order valence-corrected chi connectivity index (χ1v) is 23.8. The number of carbonyl (C=O) groups excluding carboxylic acids is 1.